The standard InChI is InChI=1S/C44H46ClN7O6/c1-26(46)52-37-14-13-34(58-2)21-35(37)41(29-9-11-33(45)12-10-29)49-36(42(52)47)22-40(55)48-23-27-5-3-6-30(19-27)28-15-17-50(18-16-28)43(56)31-7-4-8-32(20-31)44(57)51-24-38(53)39(54)25-51/h3-14,19-21,28,36,38-39,46-47,53-54H,15-18,22-25H2,1-2H3,(H,48,55)/t36-,38-,39+/m0/s1. The highest BCUT2D eigenvalue weighted by molar-refractivity contribution is 6.31. The van der Waals surface area contributed by atoms with Crippen molar-refractivity contribution in [2.75, 3.05) is 38.2 Å². The maximum atomic E-state index is 13.6. The lowest BCUT2D eigenvalue weighted by atomic mass is 9.88. The van der Waals surface area contributed by atoms with Gasteiger partial charge >= 0.3 is 0 Å². The van der Waals surface area contributed by atoms with Gasteiger partial charge in [0, 0.05) is 60.0 Å². The second-order valence-electron chi connectivity index (χ2n) is 14.9. The number of anilines is 1. The molecule has 58 heavy (non-hydrogen) atoms. The molecule has 300 valence electrons. The summed E-state index contributed by atoms with van der Waals surface area (Å²) in [4.78, 5) is 49.8. The molecule has 4 aromatic rings. The second-order valence-corrected chi connectivity index (χ2v) is 15.3. The normalized spacial score (nSPS) is 19.6. The van der Waals surface area contributed by atoms with Crippen molar-refractivity contribution in [1.82, 2.24) is 15.1 Å². The number of benzene rings is 4. The van der Waals surface area contributed by atoms with Gasteiger partial charge in [0.05, 0.1) is 37.1 Å². The number of halogens is 1. The number of benzodiazepines with no additional fused rings is 1. The summed E-state index contributed by atoms with van der Waals surface area (Å²) in [7, 11) is 1.57. The number of nitrogens with zero attached hydrogens (tertiary/aromatic N) is 4. The number of β-amino-alcohol motifs (C(OH)–C–C–N with tert-alkyl or cyclic N) is 2. The minimum Gasteiger partial charge on any atom is -0.497 e. The number of piperidine rings is 1. The Kier molecular flexibility index (Phi) is 12.0. The van der Waals surface area contributed by atoms with Gasteiger partial charge < -0.3 is 30.1 Å². The van der Waals surface area contributed by atoms with Crippen molar-refractivity contribution in [3.05, 3.63) is 129 Å². The molecular formula is C44H46ClN7O6. The molecule has 0 bridgehead atoms. The molecular weight excluding hydrogens is 758 g/mol. The van der Waals surface area contributed by atoms with E-state index < -0.39 is 18.2 Å². The summed E-state index contributed by atoms with van der Waals surface area (Å²) in [5, 5.41) is 41.1. The molecule has 0 unspecified atom stereocenters. The SMILES string of the molecule is COc1ccc2c(c1)C(c1ccc(Cl)cc1)=N[C@@H](CC(=O)NCc1cccc(C3CCN(C(=O)c4cccc(C(=O)N5C[C@@H](O)[C@@H](O)C5)c4)CC3)c1)C(=N)N2C(C)=N. The third-order valence-corrected chi connectivity index (χ3v) is 11.2. The molecule has 0 saturated carbocycles. The number of nitrogens with one attached hydrogen (secondary N) is 3. The zero-order chi connectivity index (χ0) is 41.1. The number of carbonyl (C=O) groups is 3. The van der Waals surface area contributed by atoms with Gasteiger partial charge in [-0.3, -0.25) is 35.1 Å². The fourth-order valence-electron chi connectivity index (χ4n) is 7.84. The third-order valence-electron chi connectivity index (χ3n) is 11.0. The molecule has 2 fully saturated rings. The van der Waals surface area contributed by atoms with Crippen LogP contribution in [-0.2, 0) is 11.3 Å². The van der Waals surface area contributed by atoms with E-state index in [1.54, 1.807) is 67.5 Å². The first kappa shape index (κ1) is 40.3. The van der Waals surface area contributed by atoms with Crippen LogP contribution in [0.1, 0.15) is 75.1 Å². The Morgan fingerprint density at radius 3 is 2.19 bits per heavy atom. The van der Waals surface area contributed by atoms with Crippen LogP contribution in [0.2, 0.25) is 5.02 Å². The molecule has 3 aliphatic rings. The van der Waals surface area contributed by atoms with E-state index in [1.165, 1.54) is 9.80 Å². The topological polar surface area (TPSA) is 183 Å². The number of aliphatic hydroxyl groups is 2. The van der Waals surface area contributed by atoms with Crippen molar-refractivity contribution in [1.29, 1.82) is 10.8 Å². The van der Waals surface area contributed by atoms with Gasteiger partial charge in [-0.1, -0.05) is 54.1 Å². The number of hydrogen-bond acceptors (Lipinski definition) is 9. The summed E-state index contributed by atoms with van der Waals surface area (Å²) < 4.78 is 5.52. The van der Waals surface area contributed by atoms with E-state index in [9.17, 15) is 30.0 Å². The second kappa shape index (κ2) is 17.3. The minimum atomic E-state index is -0.983. The summed E-state index contributed by atoms with van der Waals surface area (Å²) in [6, 6.07) is 26.4. The van der Waals surface area contributed by atoms with Crippen LogP contribution in [0.3, 0.4) is 0 Å². The number of likely N-dealkylation sites (tertiary alicyclic amines) is 2. The highest BCUT2D eigenvalue weighted by atomic mass is 35.5. The number of ether oxygens (including phenoxy) is 1. The smallest absolute Gasteiger partial charge is 0.254 e. The Hall–Kier alpha value is -5.89. The number of amides is 3. The van der Waals surface area contributed by atoms with Crippen molar-refractivity contribution in [2.45, 2.75) is 56.9 Å². The van der Waals surface area contributed by atoms with Crippen LogP contribution in [0.25, 0.3) is 0 Å². The Balaban J connectivity index is 0.990. The van der Waals surface area contributed by atoms with Crippen molar-refractivity contribution >= 4 is 52.4 Å². The van der Waals surface area contributed by atoms with Crippen LogP contribution in [0, 0.1) is 10.8 Å². The maximum absolute atomic E-state index is 13.6. The Morgan fingerprint density at radius 1 is 0.879 bits per heavy atom. The first-order valence-electron chi connectivity index (χ1n) is 19.3. The molecule has 2 saturated heterocycles. The molecule has 3 aliphatic heterocycles. The highest BCUT2D eigenvalue weighted by Gasteiger charge is 2.34. The number of fused-ring (bicyclic) bond motifs is 1. The lowest BCUT2D eigenvalue weighted by molar-refractivity contribution is -0.121. The molecule has 0 aromatic heterocycles. The third kappa shape index (κ3) is 8.66. The predicted molar refractivity (Wildman–Crippen MR) is 223 cm³/mol. The van der Waals surface area contributed by atoms with Crippen molar-refractivity contribution < 1.29 is 29.3 Å². The Morgan fingerprint density at radius 2 is 1.53 bits per heavy atom. The molecule has 0 radical (unpaired) electrons. The molecule has 3 amide bonds. The summed E-state index contributed by atoms with van der Waals surface area (Å²) in [6.07, 6.45) is -0.581. The lowest BCUT2D eigenvalue weighted by Crippen LogP contribution is -2.42. The van der Waals surface area contributed by atoms with Crippen LogP contribution in [0.15, 0.2) is 96.0 Å². The predicted octanol–water partition coefficient (Wildman–Crippen LogP) is 5.25. The highest BCUT2D eigenvalue weighted by Crippen LogP contribution is 2.34. The minimum absolute atomic E-state index is 0.00889. The van der Waals surface area contributed by atoms with Crippen molar-refractivity contribution in [3.63, 3.8) is 0 Å². The van der Waals surface area contributed by atoms with Gasteiger partial charge in [0.1, 0.15) is 23.5 Å². The van der Waals surface area contributed by atoms with Gasteiger partial charge in [0.2, 0.25) is 5.91 Å². The van der Waals surface area contributed by atoms with Crippen molar-refractivity contribution in [3.8, 4) is 5.75 Å². The molecule has 0 aliphatic carbocycles. The van der Waals surface area contributed by atoms with E-state index in [0.29, 0.717) is 52.0 Å². The first-order chi connectivity index (χ1) is 27.9. The molecule has 4 aromatic carbocycles. The van der Waals surface area contributed by atoms with Crippen LogP contribution >= 0.6 is 11.6 Å². The molecule has 3 heterocycles. The van der Waals surface area contributed by atoms with Gasteiger partial charge in [0.25, 0.3) is 11.8 Å². The summed E-state index contributed by atoms with van der Waals surface area (Å²) in [5.41, 5.74) is 5.35. The summed E-state index contributed by atoms with van der Waals surface area (Å²) in [5.74, 6) is 0.143. The molecule has 5 N–H and O–H groups in total. The monoisotopic (exact) mass is 803 g/mol. The first-order valence-corrected chi connectivity index (χ1v) is 19.6. The Bertz CT molecular complexity index is 2260. The van der Waals surface area contributed by atoms with Gasteiger partial charge in [0.15, 0.2) is 0 Å². The van der Waals surface area contributed by atoms with Crippen LogP contribution in [-0.4, -0.2) is 107 Å². The van der Waals surface area contributed by atoms with E-state index >= 15 is 0 Å². The number of amidine groups is 2. The largest absolute Gasteiger partial charge is 0.497 e. The van der Waals surface area contributed by atoms with Crippen LogP contribution in [0.4, 0.5) is 5.69 Å². The number of hydrogen-bond donors (Lipinski definition) is 5. The summed E-state index contributed by atoms with van der Waals surface area (Å²) in [6.45, 7) is 3.05. The average molecular weight is 804 g/mol. The quantitative estimate of drug-likeness (QED) is 0.113. The van der Waals surface area contributed by atoms with E-state index in [0.717, 1.165) is 29.5 Å². The molecule has 3 atom stereocenters. The molecule has 0 spiro atoms. The van der Waals surface area contributed by atoms with E-state index in [-0.39, 0.29) is 61.4 Å². The number of aliphatic hydroxyl groups excluding tert-OH is 2. The lowest BCUT2D eigenvalue weighted by Gasteiger charge is -2.32. The molecule has 14 heteroatoms. The summed E-state index contributed by atoms with van der Waals surface area (Å²) >= 11 is 6.21. The number of aliphatic imine (C=N–C) groups is 1. The molecule has 7 rings (SSSR count). The Labute approximate surface area is 341 Å². The fraction of sp³-hybridized carbons (Fsp3) is 0.318. The van der Waals surface area contributed by atoms with E-state index in [2.05, 4.69) is 17.4 Å². The van der Waals surface area contributed by atoms with E-state index in [1.807, 2.05) is 30.3 Å². The van der Waals surface area contributed by atoms with Gasteiger partial charge in [-0.05, 0) is 85.3 Å². The maximum Gasteiger partial charge on any atom is 0.254 e. The molecule has 13 nitrogen and oxygen atoms in total. The van der Waals surface area contributed by atoms with Crippen molar-refractivity contribution in [2.24, 2.45) is 4.99 Å². The fourth-order valence-corrected chi connectivity index (χ4v) is 7.97. The zero-order valence-corrected chi connectivity index (χ0v) is 33.1. The van der Waals surface area contributed by atoms with Gasteiger partial charge in [-0.25, -0.2) is 0 Å². The van der Waals surface area contributed by atoms with Gasteiger partial charge in [-0.15, -0.1) is 0 Å². The van der Waals surface area contributed by atoms with Crippen LogP contribution < -0.4 is 15.0 Å². The number of carbonyl (C=O) groups excluding carboxylic acids is 3. The van der Waals surface area contributed by atoms with E-state index in [4.69, 9.17) is 26.7 Å². The zero-order valence-electron chi connectivity index (χ0n) is 32.3. The number of rotatable bonds is 9. The van der Waals surface area contributed by atoms with Gasteiger partial charge in [-0.2, -0.15) is 0 Å². The van der Waals surface area contributed by atoms with Crippen LogP contribution in [0.5, 0.6) is 5.75 Å². The average Bonchev–Trinajstić information content (AvgIpc) is 3.52. The number of methoxy groups -OCH3 is 1.